The molecule has 3 rings (SSSR count). The third-order valence-corrected chi connectivity index (χ3v) is 3.64. The van der Waals surface area contributed by atoms with Gasteiger partial charge in [-0.15, -0.1) is 17.5 Å². The van der Waals surface area contributed by atoms with Gasteiger partial charge in [-0.05, 0) is 18.3 Å². The average molecular weight is 356 g/mol. The van der Waals surface area contributed by atoms with Gasteiger partial charge < -0.3 is 16.2 Å². The van der Waals surface area contributed by atoms with E-state index < -0.39 is 17.3 Å². The summed E-state index contributed by atoms with van der Waals surface area (Å²) >= 11 is 0. The molecule has 1 saturated carbocycles. The van der Waals surface area contributed by atoms with Crippen molar-refractivity contribution in [3.63, 3.8) is 0 Å². The second-order valence-corrected chi connectivity index (χ2v) is 7.24. The summed E-state index contributed by atoms with van der Waals surface area (Å²) in [5.41, 5.74) is 5.03. The molecule has 9 heteroatoms. The highest BCUT2D eigenvalue weighted by Crippen LogP contribution is 2.24. The topological polar surface area (TPSA) is 115 Å². The van der Waals surface area contributed by atoms with Crippen LogP contribution in [0.25, 0.3) is 5.65 Å². The standard InChI is InChI=1S/C15H21N5O3.ClH/c1-15(2,3)7-19-10-6-9(16)18-20(10)14(23)11(13(19)22)12(21)17-8-4-5-8;/h6,8,23H,4-5,7H2,1-3H3,(H2,16,18)(H,17,21);1H. The lowest BCUT2D eigenvalue weighted by Gasteiger charge is -2.21. The molecule has 0 bridgehead atoms. The molecule has 2 aromatic rings. The fraction of sp³-hybridized carbons (Fsp3) is 0.533. The molecule has 4 N–H and O–H groups in total. The Kier molecular flexibility index (Phi) is 4.54. The number of rotatable bonds is 3. The smallest absolute Gasteiger partial charge is 0.270 e. The van der Waals surface area contributed by atoms with Crippen molar-refractivity contribution >= 4 is 29.8 Å². The largest absolute Gasteiger partial charge is 0.492 e. The number of amides is 1. The molecule has 0 unspecified atom stereocenters. The molecule has 0 spiro atoms. The van der Waals surface area contributed by atoms with Gasteiger partial charge >= 0.3 is 0 Å². The number of halogens is 1. The van der Waals surface area contributed by atoms with Crippen LogP contribution in [0.3, 0.4) is 0 Å². The fourth-order valence-electron chi connectivity index (χ4n) is 2.49. The zero-order chi connectivity index (χ0) is 16.9. The quantitative estimate of drug-likeness (QED) is 0.763. The Morgan fingerprint density at radius 1 is 1.46 bits per heavy atom. The predicted molar refractivity (Wildman–Crippen MR) is 92.7 cm³/mol. The number of hydrogen-bond acceptors (Lipinski definition) is 5. The second kappa shape index (κ2) is 6.01. The molecule has 0 saturated heterocycles. The molecule has 0 aliphatic heterocycles. The molecule has 1 aliphatic rings. The third-order valence-electron chi connectivity index (χ3n) is 3.64. The number of nitrogens with two attached hydrogens (primary N) is 1. The van der Waals surface area contributed by atoms with Gasteiger partial charge in [-0.1, -0.05) is 20.8 Å². The Labute approximate surface area is 145 Å². The van der Waals surface area contributed by atoms with Crippen LogP contribution in [-0.4, -0.2) is 31.2 Å². The van der Waals surface area contributed by atoms with Crippen molar-refractivity contribution in [2.75, 3.05) is 5.73 Å². The van der Waals surface area contributed by atoms with Crippen LogP contribution >= 0.6 is 12.4 Å². The van der Waals surface area contributed by atoms with Crippen LogP contribution < -0.4 is 16.6 Å². The SMILES string of the molecule is CC(C)(C)Cn1c(=O)c(C(=O)NC2CC2)c(O)n2nc(N)cc12.Cl. The minimum absolute atomic E-state index is 0. The number of carbonyl (C=O) groups is 1. The van der Waals surface area contributed by atoms with Crippen LogP contribution in [0.2, 0.25) is 0 Å². The van der Waals surface area contributed by atoms with Crippen LogP contribution in [0.5, 0.6) is 5.88 Å². The highest BCUT2D eigenvalue weighted by Gasteiger charge is 2.30. The van der Waals surface area contributed by atoms with Crippen LogP contribution in [0.1, 0.15) is 44.0 Å². The van der Waals surface area contributed by atoms with E-state index in [4.69, 9.17) is 5.73 Å². The summed E-state index contributed by atoms with van der Waals surface area (Å²) in [4.78, 5) is 25.1. The highest BCUT2D eigenvalue weighted by atomic mass is 35.5. The van der Waals surface area contributed by atoms with Gasteiger partial charge in [0, 0.05) is 18.7 Å². The maximum Gasteiger partial charge on any atom is 0.270 e. The number of aromatic nitrogens is 3. The van der Waals surface area contributed by atoms with Gasteiger partial charge in [0.15, 0.2) is 5.56 Å². The summed E-state index contributed by atoms with van der Waals surface area (Å²) < 4.78 is 2.58. The maximum atomic E-state index is 12.8. The third kappa shape index (κ3) is 3.33. The number of carbonyl (C=O) groups excluding carboxylic acids is 1. The van der Waals surface area contributed by atoms with E-state index >= 15 is 0 Å². The molecular formula is C15H22ClN5O3. The first-order chi connectivity index (χ1) is 10.7. The summed E-state index contributed by atoms with van der Waals surface area (Å²) in [5.74, 6) is -0.888. The Morgan fingerprint density at radius 2 is 2.08 bits per heavy atom. The number of hydrogen-bond donors (Lipinski definition) is 3. The van der Waals surface area contributed by atoms with Gasteiger partial charge in [0.1, 0.15) is 11.5 Å². The maximum absolute atomic E-state index is 12.8. The van der Waals surface area contributed by atoms with E-state index in [1.807, 2.05) is 20.8 Å². The molecular weight excluding hydrogens is 334 g/mol. The summed E-state index contributed by atoms with van der Waals surface area (Å²) in [7, 11) is 0. The van der Waals surface area contributed by atoms with Crippen molar-refractivity contribution in [2.45, 2.75) is 46.2 Å². The van der Waals surface area contributed by atoms with Gasteiger partial charge in [0.25, 0.3) is 11.5 Å². The van der Waals surface area contributed by atoms with E-state index in [2.05, 4.69) is 10.4 Å². The molecule has 24 heavy (non-hydrogen) atoms. The lowest BCUT2D eigenvalue weighted by molar-refractivity contribution is 0.0944. The van der Waals surface area contributed by atoms with Crippen LogP contribution in [0.15, 0.2) is 10.9 Å². The van der Waals surface area contributed by atoms with E-state index in [1.54, 1.807) is 0 Å². The number of anilines is 1. The summed E-state index contributed by atoms with van der Waals surface area (Å²) in [6.45, 7) is 6.30. The second-order valence-electron chi connectivity index (χ2n) is 7.24. The van der Waals surface area contributed by atoms with Crippen molar-refractivity contribution < 1.29 is 9.90 Å². The Morgan fingerprint density at radius 3 is 2.62 bits per heavy atom. The van der Waals surface area contributed by atoms with Gasteiger partial charge in [0.2, 0.25) is 5.88 Å². The fourth-order valence-corrected chi connectivity index (χ4v) is 2.49. The van der Waals surface area contributed by atoms with Gasteiger partial charge in [-0.2, -0.15) is 4.52 Å². The molecule has 1 amide bonds. The lowest BCUT2D eigenvalue weighted by atomic mass is 9.97. The normalized spacial score (nSPS) is 14.5. The zero-order valence-corrected chi connectivity index (χ0v) is 14.7. The number of nitrogen functional groups attached to an aromatic ring is 1. The van der Waals surface area contributed by atoms with Crippen molar-refractivity contribution in [3.8, 4) is 5.88 Å². The number of nitrogens with zero attached hydrogens (tertiary/aromatic N) is 3. The van der Waals surface area contributed by atoms with E-state index in [-0.39, 0.29) is 35.2 Å². The molecule has 8 nitrogen and oxygen atoms in total. The molecule has 2 heterocycles. The summed E-state index contributed by atoms with van der Waals surface area (Å²) in [6, 6.07) is 1.59. The number of aromatic hydroxyl groups is 1. The van der Waals surface area contributed by atoms with Crippen molar-refractivity contribution in [1.82, 2.24) is 19.5 Å². The first-order valence-electron chi connectivity index (χ1n) is 7.59. The Bertz CT molecular complexity index is 845. The Balaban J connectivity index is 0.00000208. The van der Waals surface area contributed by atoms with E-state index in [9.17, 15) is 14.7 Å². The summed E-state index contributed by atoms with van der Waals surface area (Å²) in [6.07, 6.45) is 1.78. The number of fused-ring (bicyclic) bond motifs is 1. The van der Waals surface area contributed by atoms with E-state index in [0.717, 1.165) is 17.4 Å². The van der Waals surface area contributed by atoms with Crippen LogP contribution in [0.4, 0.5) is 5.82 Å². The van der Waals surface area contributed by atoms with Crippen molar-refractivity contribution in [2.24, 2.45) is 5.41 Å². The first kappa shape index (κ1) is 18.1. The average Bonchev–Trinajstić information content (AvgIpc) is 3.13. The van der Waals surface area contributed by atoms with Gasteiger partial charge in [-0.3, -0.25) is 14.2 Å². The van der Waals surface area contributed by atoms with Crippen molar-refractivity contribution in [1.29, 1.82) is 0 Å². The monoisotopic (exact) mass is 355 g/mol. The predicted octanol–water partition coefficient (Wildman–Crippen LogP) is 1.14. The molecule has 0 atom stereocenters. The van der Waals surface area contributed by atoms with Crippen LogP contribution in [0, 0.1) is 5.41 Å². The zero-order valence-electron chi connectivity index (χ0n) is 13.9. The molecule has 1 fully saturated rings. The lowest BCUT2D eigenvalue weighted by Crippen LogP contribution is -2.37. The molecule has 0 radical (unpaired) electrons. The van der Waals surface area contributed by atoms with Crippen molar-refractivity contribution in [3.05, 3.63) is 22.0 Å². The van der Waals surface area contributed by atoms with Crippen LogP contribution in [-0.2, 0) is 6.54 Å². The molecule has 2 aromatic heterocycles. The van der Waals surface area contributed by atoms with E-state index in [0.29, 0.717) is 12.2 Å². The highest BCUT2D eigenvalue weighted by molar-refractivity contribution is 5.96. The molecule has 0 aromatic carbocycles. The minimum atomic E-state index is -0.575. The van der Waals surface area contributed by atoms with E-state index in [1.165, 1.54) is 10.6 Å². The first-order valence-corrected chi connectivity index (χ1v) is 7.59. The summed E-state index contributed by atoms with van der Waals surface area (Å²) in [5, 5.41) is 17.1. The molecule has 132 valence electrons. The Hall–Kier alpha value is -2.22. The molecule has 1 aliphatic carbocycles. The van der Waals surface area contributed by atoms with Gasteiger partial charge in [-0.25, -0.2) is 0 Å². The number of nitrogens with one attached hydrogen (secondary N) is 1. The minimum Gasteiger partial charge on any atom is -0.492 e. The van der Waals surface area contributed by atoms with Gasteiger partial charge in [0.05, 0.1) is 0 Å².